The smallest absolute Gasteiger partial charge is 0.112 e. The van der Waals surface area contributed by atoms with E-state index >= 15 is 0 Å². The van der Waals surface area contributed by atoms with Gasteiger partial charge in [0.05, 0.1) is 18.3 Å². The van der Waals surface area contributed by atoms with Gasteiger partial charge in [-0.05, 0) is 13.8 Å². The van der Waals surface area contributed by atoms with E-state index in [0.717, 1.165) is 10.7 Å². The molecule has 11 heavy (non-hydrogen) atoms. The van der Waals surface area contributed by atoms with Crippen LogP contribution in [0.25, 0.3) is 0 Å². The molecule has 1 aromatic rings. The van der Waals surface area contributed by atoms with Crippen molar-refractivity contribution in [1.82, 2.24) is 4.98 Å². The fourth-order valence-corrected chi connectivity index (χ4v) is 1.65. The topological polar surface area (TPSA) is 59.1 Å². The van der Waals surface area contributed by atoms with E-state index in [-0.39, 0.29) is 12.6 Å². The molecule has 0 amide bonds. The van der Waals surface area contributed by atoms with Gasteiger partial charge in [-0.3, -0.25) is 0 Å². The van der Waals surface area contributed by atoms with Crippen LogP contribution in [0.5, 0.6) is 0 Å². The van der Waals surface area contributed by atoms with Crippen LogP contribution >= 0.6 is 11.3 Å². The largest absolute Gasteiger partial charge is 0.394 e. The van der Waals surface area contributed by atoms with E-state index < -0.39 is 0 Å². The zero-order chi connectivity index (χ0) is 8.43. The fraction of sp³-hybridized carbons (Fsp3) is 0.571. The number of nitrogens with zero attached hydrogens (tertiary/aromatic N) is 1. The SMILES string of the molecule is Cc1nc(C(N)CO)sc1C. The molecule has 0 saturated carbocycles. The van der Waals surface area contributed by atoms with Crippen molar-refractivity contribution in [2.45, 2.75) is 19.9 Å². The minimum Gasteiger partial charge on any atom is -0.394 e. The third-order valence-electron chi connectivity index (χ3n) is 1.56. The van der Waals surface area contributed by atoms with Gasteiger partial charge in [-0.15, -0.1) is 11.3 Å². The Balaban J connectivity index is 2.88. The molecule has 0 fully saturated rings. The van der Waals surface area contributed by atoms with Crippen LogP contribution in [0.15, 0.2) is 0 Å². The molecule has 0 spiro atoms. The lowest BCUT2D eigenvalue weighted by Gasteiger charge is -2.00. The monoisotopic (exact) mass is 172 g/mol. The van der Waals surface area contributed by atoms with Gasteiger partial charge in [-0.25, -0.2) is 4.98 Å². The van der Waals surface area contributed by atoms with Gasteiger partial charge in [0.15, 0.2) is 0 Å². The quantitative estimate of drug-likeness (QED) is 0.692. The van der Waals surface area contributed by atoms with Crippen molar-refractivity contribution in [3.05, 3.63) is 15.6 Å². The van der Waals surface area contributed by atoms with E-state index in [1.165, 1.54) is 4.88 Å². The van der Waals surface area contributed by atoms with Crippen molar-refractivity contribution in [3.63, 3.8) is 0 Å². The summed E-state index contributed by atoms with van der Waals surface area (Å²) >= 11 is 1.55. The Kier molecular flexibility index (Phi) is 2.59. The highest BCUT2D eigenvalue weighted by Gasteiger charge is 2.10. The van der Waals surface area contributed by atoms with Gasteiger partial charge in [0.2, 0.25) is 0 Å². The molecule has 0 aliphatic heterocycles. The Bertz CT molecular complexity index is 227. The van der Waals surface area contributed by atoms with Gasteiger partial charge in [0, 0.05) is 4.88 Å². The molecule has 3 nitrogen and oxygen atoms in total. The Morgan fingerprint density at radius 3 is 2.64 bits per heavy atom. The van der Waals surface area contributed by atoms with Crippen molar-refractivity contribution in [1.29, 1.82) is 0 Å². The van der Waals surface area contributed by atoms with E-state index in [2.05, 4.69) is 4.98 Å². The first-order chi connectivity index (χ1) is 5.15. The second-order valence-electron chi connectivity index (χ2n) is 2.48. The highest BCUT2D eigenvalue weighted by molar-refractivity contribution is 7.11. The van der Waals surface area contributed by atoms with Crippen molar-refractivity contribution in [2.24, 2.45) is 5.73 Å². The summed E-state index contributed by atoms with van der Waals surface area (Å²) < 4.78 is 0. The molecule has 3 N–H and O–H groups in total. The number of hydrogen-bond donors (Lipinski definition) is 2. The number of nitrogens with two attached hydrogens (primary N) is 1. The number of aliphatic hydroxyl groups is 1. The van der Waals surface area contributed by atoms with Crippen LogP contribution in [0.4, 0.5) is 0 Å². The zero-order valence-corrected chi connectivity index (χ0v) is 7.48. The molecule has 0 aliphatic rings. The second-order valence-corrected chi connectivity index (χ2v) is 3.72. The number of thiazole rings is 1. The maximum absolute atomic E-state index is 8.73. The molecular weight excluding hydrogens is 160 g/mol. The lowest BCUT2D eigenvalue weighted by Crippen LogP contribution is -2.13. The van der Waals surface area contributed by atoms with E-state index in [0.29, 0.717) is 0 Å². The molecule has 1 heterocycles. The summed E-state index contributed by atoms with van der Waals surface area (Å²) in [5.41, 5.74) is 6.58. The second kappa shape index (κ2) is 3.30. The molecule has 1 unspecified atom stereocenters. The third kappa shape index (κ3) is 1.77. The lowest BCUT2D eigenvalue weighted by atomic mass is 10.3. The molecule has 1 aromatic heterocycles. The highest BCUT2D eigenvalue weighted by Crippen LogP contribution is 2.20. The lowest BCUT2D eigenvalue weighted by molar-refractivity contribution is 0.267. The van der Waals surface area contributed by atoms with Crippen LogP contribution < -0.4 is 5.73 Å². The molecule has 0 aromatic carbocycles. The predicted octanol–water partition coefficient (Wildman–Crippen LogP) is 0.752. The average molecular weight is 172 g/mol. The molecule has 0 bridgehead atoms. The highest BCUT2D eigenvalue weighted by atomic mass is 32.1. The molecule has 4 heteroatoms. The number of aromatic nitrogens is 1. The van der Waals surface area contributed by atoms with E-state index in [4.69, 9.17) is 10.8 Å². The van der Waals surface area contributed by atoms with Gasteiger partial charge in [0.25, 0.3) is 0 Å². The summed E-state index contributed by atoms with van der Waals surface area (Å²) in [6.07, 6.45) is 0. The molecule has 62 valence electrons. The normalized spacial score (nSPS) is 13.5. The zero-order valence-electron chi connectivity index (χ0n) is 6.66. The number of rotatable bonds is 2. The van der Waals surface area contributed by atoms with Crippen molar-refractivity contribution in [3.8, 4) is 0 Å². The summed E-state index contributed by atoms with van der Waals surface area (Å²) in [5, 5.41) is 9.55. The summed E-state index contributed by atoms with van der Waals surface area (Å²) in [4.78, 5) is 5.38. The number of hydrogen-bond acceptors (Lipinski definition) is 4. The van der Waals surface area contributed by atoms with Crippen molar-refractivity contribution < 1.29 is 5.11 Å². The van der Waals surface area contributed by atoms with E-state index in [1.807, 2.05) is 13.8 Å². The molecular formula is C7H12N2OS. The van der Waals surface area contributed by atoms with E-state index in [1.54, 1.807) is 11.3 Å². The Morgan fingerprint density at radius 2 is 2.27 bits per heavy atom. The maximum Gasteiger partial charge on any atom is 0.112 e. The summed E-state index contributed by atoms with van der Waals surface area (Å²) in [5.74, 6) is 0. The van der Waals surface area contributed by atoms with Gasteiger partial charge in [0.1, 0.15) is 5.01 Å². The van der Waals surface area contributed by atoms with Crippen LogP contribution in [0.2, 0.25) is 0 Å². The minimum absolute atomic E-state index is 0.0353. The summed E-state index contributed by atoms with van der Waals surface area (Å²) in [6, 6.07) is -0.313. The molecule has 1 atom stereocenters. The Morgan fingerprint density at radius 1 is 1.64 bits per heavy atom. The Labute approximate surface area is 69.9 Å². The van der Waals surface area contributed by atoms with Gasteiger partial charge < -0.3 is 10.8 Å². The van der Waals surface area contributed by atoms with Crippen LogP contribution in [0.3, 0.4) is 0 Å². The van der Waals surface area contributed by atoms with Crippen LogP contribution in [0, 0.1) is 13.8 Å². The number of aryl methyl sites for hydroxylation is 2. The fourth-order valence-electron chi connectivity index (χ4n) is 0.734. The van der Waals surface area contributed by atoms with E-state index in [9.17, 15) is 0 Å². The van der Waals surface area contributed by atoms with Gasteiger partial charge in [-0.1, -0.05) is 0 Å². The first-order valence-electron chi connectivity index (χ1n) is 3.45. The third-order valence-corrected chi connectivity index (χ3v) is 2.76. The summed E-state index contributed by atoms with van der Waals surface area (Å²) in [7, 11) is 0. The molecule has 0 saturated heterocycles. The minimum atomic E-state index is -0.313. The van der Waals surface area contributed by atoms with Gasteiger partial charge in [-0.2, -0.15) is 0 Å². The first kappa shape index (κ1) is 8.64. The van der Waals surface area contributed by atoms with Crippen LogP contribution in [-0.2, 0) is 0 Å². The molecule has 0 aliphatic carbocycles. The molecule has 0 radical (unpaired) electrons. The van der Waals surface area contributed by atoms with Crippen LogP contribution in [-0.4, -0.2) is 16.7 Å². The average Bonchev–Trinajstić information content (AvgIpc) is 2.31. The van der Waals surface area contributed by atoms with Gasteiger partial charge >= 0.3 is 0 Å². The standard InChI is InChI=1S/C7H12N2OS/c1-4-5(2)11-7(9-4)6(8)3-10/h6,10H,3,8H2,1-2H3. The Hall–Kier alpha value is -0.450. The molecule has 1 rings (SSSR count). The van der Waals surface area contributed by atoms with Crippen molar-refractivity contribution in [2.75, 3.05) is 6.61 Å². The maximum atomic E-state index is 8.73. The van der Waals surface area contributed by atoms with Crippen LogP contribution in [0.1, 0.15) is 21.6 Å². The summed E-state index contributed by atoms with van der Waals surface area (Å²) in [6.45, 7) is 3.91. The predicted molar refractivity (Wildman–Crippen MR) is 45.6 cm³/mol. The number of aliphatic hydroxyl groups excluding tert-OH is 1. The first-order valence-corrected chi connectivity index (χ1v) is 4.27. The van der Waals surface area contributed by atoms with Crippen molar-refractivity contribution >= 4 is 11.3 Å².